The summed E-state index contributed by atoms with van der Waals surface area (Å²) in [7, 11) is 0.615. The van der Waals surface area contributed by atoms with E-state index in [1.165, 1.54) is 38.5 Å². The van der Waals surface area contributed by atoms with Gasteiger partial charge in [-0.1, -0.05) is 38.5 Å². The molecule has 2 saturated carbocycles. The van der Waals surface area contributed by atoms with Crippen LogP contribution in [0.25, 0.3) is 0 Å². The van der Waals surface area contributed by atoms with Crippen LogP contribution >= 0.6 is 23.1 Å². The molecule has 1 aromatic heterocycles. The van der Waals surface area contributed by atoms with Gasteiger partial charge in [-0.05, 0) is 41.6 Å². The van der Waals surface area contributed by atoms with Crippen LogP contribution in [0.15, 0.2) is 10.5 Å². The number of nitrogens with zero attached hydrogens (tertiary/aromatic N) is 1. The van der Waals surface area contributed by atoms with Crippen LogP contribution in [0, 0.1) is 0 Å². The van der Waals surface area contributed by atoms with Gasteiger partial charge in [0.15, 0.2) is 0 Å². The maximum atomic E-state index is 14.7. The summed E-state index contributed by atoms with van der Waals surface area (Å²) in [5, 5.41) is 0.898. The van der Waals surface area contributed by atoms with Crippen LogP contribution in [0.5, 0.6) is 11.8 Å². The Morgan fingerprint density at radius 2 is 1.48 bits per heavy atom. The minimum absolute atomic E-state index is 0.289. The molecule has 140 valence electrons. The lowest BCUT2D eigenvalue weighted by Gasteiger charge is -2.39. The molecule has 0 atom stereocenters. The number of methoxy groups -OCH3 is 2. The molecule has 25 heavy (non-hydrogen) atoms. The topological polar surface area (TPSA) is 48.4 Å². The van der Waals surface area contributed by atoms with Crippen molar-refractivity contribution in [3.05, 3.63) is 10.5 Å². The van der Waals surface area contributed by atoms with Crippen LogP contribution in [0.1, 0.15) is 64.2 Å². The van der Waals surface area contributed by atoms with E-state index in [1.54, 1.807) is 14.2 Å². The van der Waals surface area contributed by atoms with Crippen LogP contribution in [-0.2, 0) is 4.57 Å². The fraction of sp³-hybridized carbons (Fsp3) is 0.737. The molecule has 0 spiro atoms. The zero-order valence-electron chi connectivity index (χ0n) is 15.3. The zero-order chi connectivity index (χ0) is 17.9. The molecule has 6 heteroatoms. The lowest BCUT2D eigenvalue weighted by molar-refractivity contribution is 0.363. The van der Waals surface area contributed by atoms with Crippen molar-refractivity contribution in [2.75, 3.05) is 14.2 Å². The number of pyridine rings is 1. The molecule has 1 heterocycles. The minimum Gasteiger partial charge on any atom is -0.481 e. The van der Waals surface area contributed by atoms with Gasteiger partial charge in [0.2, 0.25) is 11.8 Å². The van der Waals surface area contributed by atoms with E-state index < -0.39 is 7.14 Å². The molecule has 3 rings (SSSR count). The molecular weight excluding hydrogens is 401 g/mol. The first kappa shape index (κ1) is 19.2. The highest BCUT2D eigenvalue weighted by Gasteiger charge is 2.44. The predicted octanol–water partition coefficient (Wildman–Crippen LogP) is 5.52. The molecule has 1 aromatic rings. The molecule has 2 aliphatic rings. The van der Waals surface area contributed by atoms with Crippen LogP contribution < -0.4 is 14.8 Å². The fourth-order valence-electron chi connectivity index (χ4n) is 4.59. The Morgan fingerprint density at radius 1 is 0.960 bits per heavy atom. The molecule has 0 N–H and O–H groups in total. The smallest absolute Gasteiger partial charge is 0.231 e. The third-order valence-electron chi connectivity index (χ3n) is 5.90. The number of hydrogen-bond acceptors (Lipinski definition) is 4. The first-order valence-electron chi connectivity index (χ1n) is 9.49. The highest BCUT2D eigenvalue weighted by molar-refractivity contribution is 9.10. The second kappa shape index (κ2) is 8.43. The molecule has 0 amide bonds. The maximum absolute atomic E-state index is 14.7. The summed E-state index contributed by atoms with van der Waals surface area (Å²) in [6.45, 7) is 0. The fourth-order valence-corrected chi connectivity index (χ4v) is 10.1. The van der Waals surface area contributed by atoms with E-state index in [4.69, 9.17) is 9.47 Å². The Balaban J connectivity index is 2.12. The molecule has 4 nitrogen and oxygen atoms in total. The second-order valence-corrected chi connectivity index (χ2v) is 11.5. The van der Waals surface area contributed by atoms with Crippen molar-refractivity contribution >= 4 is 28.4 Å². The molecule has 0 unspecified atom stereocenters. The maximum Gasteiger partial charge on any atom is 0.231 e. The van der Waals surface area contributed by atoms with E-state index in [9.17, 15) is 4.57 Å². The van der Waals surface area contributed by atoms with Gasteiger partial charge in [0.25, 0.3) is 0 Å². The van der Waals surface area contributed by atoms with Crippen molar-refractivity contribution in [1.82, 2.24) is 4.98 Å². The number of halogens is 1. The number of rotatable bonds is 5. The molecular formula is C19H29BrNO3P. The molecule has 2 aliphatic carbocycles. The van der Waals surface area contributed by atoms with Crippen molar-refractivity contribution in [2.24, 2.45) is 0 Å². The lowest BCUT2D eigenvalue weighted by atomic mass is 9.99. The van der Waals surface area contributed by atoms with Gasteiger partial charge in [-0.3, -0.25) is 0 Å². The molecule has 0 saturated heterocycles. The molecule has 0 bridgehead atoms. The van der Waals surface area contributed by atoms with Crippen molar-refractivity contribution in [3.8, 4) is 11.8 Å². The van der Waals surface area contributed by atoms with E-state index >= 15 is 0 Å². The largest absolute Gasteiger partial charge is 0.481 e. The van der Waals surface area contributed by atoms with Crippen LogP contribution in [0.2, 0.25) is 0 Å². The highest BCUT2D eigenvalue weighted by Crippen LogP contribution is 2.63. The Labute approximate surface area is 159 Å². The Morgan fingerprint density at radius 3 is 1.92 bits per heavy atom. The summed E-state index contributed by atoms with van der Waals surface area (Å²) in [5.41, 5.74) is 0.579. The van der Waals surface area contributed by atoms with Crippen molar-refractivity contribution in [3.63, 3.8) is 0 Å². The molecule has 2 fully saturated rings. The van der Waals surface area contributed by atoms with Crippen molar-refractivity contribution in [2.45, 2.75) is 75.5 Å². The third-order valence-corrected chi connectivity index (χ3v) is 11.3. The van der Waals surface area contributed by atoms with Gasteiger partial charge in [0, 0.05) is 22.7 Å². The third kappa shape index (κ3) is 3.78. The van der Waals surface area contributed by atoms with E-state index in [1.807, 2.05) is 6.07 Å². The first-order valence-corrected chi connectivity index (χ1v) is 12.1. The van der Waals surface area contributed by atoms with Gasteiger partial charge in [-0.15, -0.1) is 0 Å². The van der Waals surface area contributed by atoms with Gasteiger partial charge in [-0.25, -0.2) is 0 Å². The van der Waals surface area contributed by atoms with E-state index in [0.717, 1.165) is 35.5 Å². The summed E-state index contributed by atoms with van der Waals surface area (Å²) in [5.74, 6) is 0.961. The highest BCUT2D eigenvalue weighted by atomic mass is 79.9. The van der Waals surface area contributed by atoms with Gasteiger partial charge in [0.05, 0.1) is 18.7 Å². The van der Waals surface area contributed by atoms with Crippen molar-refractivity contribution < 1.29 is 14.0 Å². The lowest BCUT2D eigenvalue weighted by Crippen LogP contribution is -2.30. The van der Waals surface area contributed by atoms with Gasteiger partial charge >= 0.3 is 0 Å². The average Bonchev–Trinajstić information content (AvgIpc) is 2.69. The van der Waals surface area contributed by atoms with Crippen molar-refractivity contribution in [1.29, 1.82) is 0 Å². The SMILES string of the molecule is COc1cc(P(=O)(C2CCCCC2)C2CCCCC2)c(Br)c(OC)n1. The van der Waals surface area contributed by atoms with Crippen LogP contribution in [0.4, 0.5) is 0 Å². The summed E-state index contributed by atoms with van der Waals surface area (Å²) in [6.07, 6.45) is 11.6. The summed E-state index contributed by atoms with van der Waals surface area (Å²) in [6, 6.07) is 1.90. The summed E-state index contributed by atoms with van der Waals surface area (Å²) in [4.78, 5) is 4.36. The summed E-state index contributed by atoms with van der Waals surface area (Å²) < 4.78 is 26.3. The van der Waals surface area contributed by atoms with E-state index in [-0.39, 0.29) is 11.3 Å². The number of ether oxygens (including phenoxy) is 2. The molecule has 0 radical (unpaired) electrons. The predicted molar refractivity (Wildman–Crippen MR) is 106 cm³/mol. The van der Waals surface area contributed by atoms with Gasteiger partial charge in [0.1, 0.15) is 7.14 Å². The van der Waals surface area contributed by atoms with Gasteiger partial charge in [-0.2, -0.15) is 4.98 Å². The Kier molecular flexibility index (Phi) is 6.49. The first-order chi connectivity index (χ1) is 12.1. The molecule has 0 aromatic carbocycles. The molecule has 0 aliphatic heterocycles. The number of aromatic nitrogens is 1. The minimum atomic E-state index is -2.59. The second-order valence-electron chi connectivity index (χ2n) is 7.30. The Hall–Kier alpha value is -0.540. The normalized spacial score (nSPS) is 20.4. The van der Waals surface area contributed by atoms with E-state index in [0.29, 0.717) is 11.8 Å². The Bertz CT molecular complexity index is 618. The van der Waals surface area contributed by atoms with Crippen LogP contribution in [0.3, 0.4) is 0 Å². The monoisotopic (exact) mass is 429 g/mol. The van der Waals surface area contributed by atoms with Gasteiger partial charge < -0.3 is 14.0 Å². The van der Waals surface area contributed by atoms with E-state index in [2.05, 4.69) is 20.9 Å². The average molecular weight is 430 g/mol. The quantitative estimate of drug-likeness (QED) is 0.578. The zero-order valence-corrected chi connectivity index (χ0v) is 17.8. The standard InChI is InChI=1S/C19H29BrNO3P/c1-23-17-13-16(18(20)19(21-17)24-2)25(22,14-9-5-3-6-10-14)15-11-7-4-8-12-15/h13-15H,3-12H2,1-2H3. The summed E-state index contributed by atoms with van der Waals surface area (Å²) >= 11 is 3.66. The van der Waals surface area contributed by atoms with Crippen LogP contribution in [-0.4, -0.2) is 30.5 Å². The number of hydrogen-bond donors (Lipinski definition) is 0.